The van der Waals surface area contributed by atoms with E-state index in [4.69, 9.17) is 18.8 Å². The predicted octanol–water partition coefficient (Wildman–Crippen LogP) is 11.3. The van der Waals surface area contributed by atoms with E-state index in [0.717, 1.165) is 73.3 Å². The van der Waals surface area contributed by atoms with Crippen LogP contribution in [-0.2, 0) is 9.59 Å². The van der Waals surface area contributed by atoms with E-state index >= 15 is 0 Å². The number of furan rings is 2. The minimum absolute atomic E-state index is 0.0566. The third-order valence-corrected chi connectivity index (χ3v) is 14.8. The summed E-state index contributed by atoms with van der Waals surface area (Å²) >= 11 is 3.20. The molecule has 0 saturated carbocycles. The Balaban J connectivity index is 0.800. The third-order valence-electron chi connectivity index (χ3n) is 12.5. The van der Waals surface area contributed by atoms with E-state index in [1.807, 2.05) is 82.9 Å². The summed E-state index contributed by atoms with van der Waals surface area (Å²) < 4.78 is 10.3. The molecule has 11 nitrogen and oxygen atoms in total. The summed E-state index contributed by atoms with van der Waals surface area (Å²) in [5, 5.41) is 4.71. The monoisotopic (exact) mass is 911 g/mol. The Labute approximate surface area is 389 Å². The van der Waals surface area contributed by atoms with E-state index in [9.17, 15) is 19.2 Å². The van der Waals surface area contributed by atoms with Crippen LogP contribution < -0.4 is 5.32 Å². The van der Waals surface area contributed by atoms with Crippen LogP contribution in [0.5, 0.6) is 0 Å². The van der Waals surface area contributed by atoms with Gasteiger partial charge >= 0.3 is 0 Å². The quantitative estimate of drug-likeness (QED) is 0.106. The lowest BCUT2D eigenvalue weighted by atomic mass is 9.90. The molecule has 2 aliphatic rings. The number of carbonyl (C=O) groups excluding carboxylic acids is 4. The molecule has 0 radical (unpaired) electrons. The molecule has 4 atom stereocenters. The second-order valence-electron chi connectivity index (χ2n) is 16.6. The van der Waals surface area contributed by atoms with E-state index in [1.54, 1.807) is 34.8 Å². The van der Waals surface area contributed by atoms with Crippen molar-refractivity contribution in [1.29, 1.82) is 0 Å². The van der Waals surface area contributed by atoms with E-state index in [1.165, 1.54) is 25.1 Å². The average molecular weight is 912 g/mol. The summed E-state index contributed by atoms with van der Waals surface area (Å²) in [4.78, 5) is 70.3. The van der Waals surface area contributed by atoms with Crippen molar-refractivity contribution in [2.75, 3.05) is 13.1 Å². The Morgan fingerprint density at radius 2 is 1.08 bits per heavy atom. The maximum atomic E-state index is 14.3. The van der Waals surface area contributed by atoms with Crippen LogP contribution in [0, 0.1) is 0 Å². The standard InChI is InChI=1S/C53H45N5O6S2/c59-45(40-23-27-63-32-40)29-42(36-9-3-1-4-10-36)52(61)57-25-7-13-43(57)50-54-30-46(65-50)37-19-15-34(16-20-37)35-17-21-38(22-18-35)47-31-55-51(66-47)44-14-8-26-58(44)53(62)48(39-11-5-2-6-12-39)56-49(60)41-24-28-64-33-41/h1-6,9-12,15-24,27-28,30-33,42-44,48H,7-8,13-14,25-26,29H2,(H,56,60)/t42-,43-,44-,48+/m0/s1. The van der Waals surface area contributed by atoms with Crippen LogP contribution in [0.25, 0.3) is 32.0 Å². The molecule has 8 aromatic rings. The highest BCUT2D eigenvalue weighted by Crippen LogP contribution is 2.41. The molecule has 66 heavy (non-hydrogen) atoms. The van der Waals surface area contributed by atoms with Gasteiger partial charge in [0.15, 0.2) is 5.78 Å². The number of aromatic nitrogens is 2. The number of thiazole rings is 2. The highest BCUT2D eigenvalue weighted by molar-refractivity contribution is 7.15. The molecule has 2 saturated heterocycles. The van der Waals surface area contributed by atoms with Gasteiger partial charge in [-0.25, -0.2) is 9.97 Å². The zero-order chi connectivity index (χ0) is 45.0. The molecule has 13 heteroatoms. The van der Waals surface area contributed by atoms with Crippen LogP contribution in [0.15, 0.2) is 168 Å². The second kappa shape index (κ2) is 19.1. The fourth-order valence-electron chi connectivity index (χ4n) is 9.05. The third kappa shape index (κ3) is 8.91. The summed E-state index contributed by atoms with van der Waals surface area (Å²) in [5.41, 5.74) is 6.61. The average Bonchev–Trinajstić information content (AvgIpc) is 4.22. The summed E-state index contributed by atoms with van der Waals surface area (Å²) in [5.74, 6) is -1.33. The fraction of sp³-hybridized carbons (Fsp3) is 0.208. The lowest BCUT2D eigenvalue weighted by Crippen LogP contribution is -2.42. The number of carbonyl (C=O) groups is 4. The number of rotatable bonds is 14. The molecule has 0 spiro atoms. The summed E-state index contributed by atoms with van der Waals surface area (Å²) in [6.07, 6.45) is 12.9. The number of hydrogen-bond donors (Lipinski definition) is 1. The van der Waals surface area contributed by atoms with Crippen molar-refractivity contribution in [3.63, 3.8) is 0 Å². The first-order valence-electron chi connectivity index (χ1n) is 22.1. The van der Waals surface area contributed by atoms with Crippen LogP contribution in [-0.4, -0.2) is 56.4 Å². The first kappa shape index (κ1) is 42.7. The molecule has 6 heterocycles. The molecule has 3 amide bonds. The van der Waals surface area contributed by atoms with E-state index in [-0.39, 0.29) is 42.0 Å². The molecule has 10 rings (SSSR count). The Hall–Kier alpha value is -7.22. The van der Waals surface area contributed by atoms with E-state index < -0.39 is 12.0 Å². The molecular weight excluding hydrogens is 867 g/mol. The number of likely N-dealkylation sites (tertiary alicyclic amines) is 2. The zero-order valence-electron chi connectivity index (χ0n) is 35.8. The maximum absolute atomic E-state index is 14.3. The number of nitrogens with zero attached hydrogens (tertiary/aromatic N) is 4. The summed E-state index contributed by atoms with van der Waals surface area (Å²) in [7, 11) is 0. The number of ketones is 1. The van der Waals surface area contributed by atoms with Crippen molar-refractivity contribution >= 4 is 46.2 Å². The van der Waals surface area contributed by atoms with Crippen molar-refractivity contribution in [3.8, 4) is 32.0 Å². The lowest BCUT2D eigenvalue weighted by molar-refractivity contribution is -0.134. The minimum atomic E-state index is -0.854. The Kier molecular flexibility index (Phi) is 12.4. The smallest absolute Gasteiger partial charge is 0.255 e. The van der Waals surface area contributed by atoms with Gasteiger partial charge in [-0.15, -0.1) is 22.7 Å². The molecular formula is C53H45N5O6S2. The highest BCUT2D eigenvalue weighted by Gasteiger charge is 2.39. The molecule has 0 aliphatic carbocycles. The van der Waals surface area contributed by atoms with Crippen molar-refractivity contribution in [2.24, 2.45) is 0 Å². The van der Waals surface area contributed by atoms with Crippen LogP contribution in [0.1, 0.15) is 98.0 Å². The molecule has 4 aromatic heterocycles. The van der Waals surface area contributed by atoms with Crippen molar-refractivity contribution in [2.45, 2.75) is 56.1 Å². The number of hydrogen-bond acceptors (Lipinski definition) is 10. The van der Waals surface area contributed by atoms with Crippen LogP contribution in [0.4, 0.5) is 0 Å². The van der Waals surface area contributed by atoms with Gasteiger partial charge in [0.25, 0.3) is 5.91 Å². The predicted molar refractivity (Wildman–Crippen MR) is 254 cm³/mol. The molecule has 0 bridgehead atoms. The van der Waals surface area contributed by atoms with Crippen molar-refractivity contribution in [3.05, 3.63) is 191 Å². The summed E-state index contributed by atoms with van der Waals surface area (Å²) in [6.45, 7) is 1.19. The van der Waals surface area contributed by atoms with Crippen LogP contribution >= 0.6 is 22.7 Å². The zero-order valence-corrected chi connectivity index (χ0v) is 37.5. The van der Waals surface area contributed by atoms with Crippen LogP contribution in [0.3, 0.4) is 0 Å². The van der Waals surface area contributed by atoms with E-state index in [0.29, 0.717) is 29.8 Å². The van der Waals surface area contributed by atoms with Crippen molar-refractivity contribution in [1.82, 2.24) is 25.1 Å². The minimum Gasteiger partial charge on any atom is -0.472 e. The first-order valence-corrected chi connectivity index (χ1v) is 23.7. The molecule has 330 valence electrons. The molecule has 1 N–H and O–H groups in total. The van der Waals surface area contributed by atoms with Gasteiger partial charge in [-0.2, -0.15) is 0 Å². The topological polar surface area (TPSA) is 139 Å². The van der Waals surface area contributed by atoms with Gasteiger partial charge in [-0.1, -0.05) is 109 Å². The van der Waals surface area contributed by atoms with Crippen LogP contribution in [0.2, 0.25) is 0 Å². The van der Waals surface area contributed by atoms with Gasteiger partial charge in [0.2, 0.25) is 11.8 Å². The SMILES string of the molecule is O=C(C[C@H](C(=O)N1CCC[C@H]1c1ncc(-c2ccc(-c3ccc(-c4cnc([C@@H]5CCCN5C(=O)[C@H](NC(=O)c5ccoc5)c5ccccc5)s4)cc3)cc2)s1)c1ccccc1)c1ccoc1. The normalized spacial score (nSPS) is 16.8. The lowest BCUT2D eigenvalue weighted by Gasteiger charge is -2.28. The molecule has 0 unspecified atom stereocenters. The van der Waals surface area contributed by atoms with Gasteiger partial charge in [-0.3, -0.25) is 19.2 Å². The maximum Gasteiger partial charge on any atom is 0.255 e. The number of benzene rings is 4. The Morgan fingerprint density at radius 1 is 0.591 bits per heavy atom. The summed E-state index contributed by atoms with van der Waals surface area (Å²) in [6, 6.07) is 37.8. The Bertz CT molecular complexity index is 2730. The highest BCUT2D eigenvalue weighted by atomic mass is 32.1. The van der Waals surface area contributed by atoms with Gasteiger partial charge in [-0.05, 0) is 71.2 Å². The largest absolute Gasteiger partial charge is 0.472 e. The van der Waals surface area contributed by atoms with Crippen molar-refractivity contribution < 1.29 is 28.0 Å². The molecule has 2 fully saturated rings. The number of nitrogens with one attached hydrogen (secondary N) is 1. The number of amides is 3. The van der Waals surface area contributed by atoms with E-state index in [2.05, 4.69) is 53.8 Å². The van der Waals surface area contributed by atoms with Gasteiger partial charge in [0.05, 0.1) is 51.4 Å². The van der Waals surface area contributed by atoms with Gasteiger partial charge in [0.1, 0.15) is 28.6 Å². The molecule has 2 aliphatic heterocycles. The second-order valence-corrected chi connectivity index (χ2v) is 18.7. The van der Waals surface area contributed by atoms with Gasteiger partial charge in [0, 0.05) is 31.9 Å². The van der Waals surface area contributed by atoms with Gasteiger partial charge < -0.3 is 24.0 Å². The fourth-order valence-corrected chi connectivity index (χ4v) is 11.2. The number of Topliss-reactive ketones (excluding diaryl/α,β-unsaturated/α-hetero) is 1. The molecule has 4 aromatic carbocycles. The first-order chi connectivity index (χ1) is 32.4. The Morgan fingerprint density at radius 3 is 1.59 bits per heavy atom.